The molecule has 3 rings (SSSR count). The number of aryl methyl sites for hydroxylation is 1. The number of carbonyl (C=O) groups excluding carboxylic acids is 1. The fourth-order valence-corrected chi connectivity index (χ4v) is 4.47. The Kier molecular flexibility index (Phi) is 4.10. The number of benzene rings is 1. The molecule has 1 aliphatic heterocycles. The van der Waals surface area contributed by atoms with Crippen LogP contribution in [0, 0.1) is 6.92 Å². The van der Waals surface area contributed by atoms with Gasteiger partial charge in [0.2, 0.25) is 10.0 Å². The molecule has 1 aromatic carbocycles. The highest BCUT2D eigenvalue weighted by atomic mass is 32.2. The maximum Gasteiger partial charge on any atom is 0.321 e. The van der Waals surface area contributed by atoms with Crippen LogP contribution < -0.4 is 5.32 Å². The van der Waals surface area contributed by atoms with Crippen molar-refractivity contribution in [2.45, 2.75) is 25.0 Å². The Bertz CT molecular complexity index is 662. The van der Waals surface area contributed by atoms with Gasteiger partial charge in [-0.2, -0.15) is 4.31 Å². The zero-order valence-corrected chi connectivity index (χ0v) is 13.5. The van der Waals surface area contributed by atoms with Crippen LogP contribution in [0.2, 0.25) is 0 Å². The van der Waals surface area contributed by atoms with Crippen molar-refractivity contribution in [3.05, 3.63) is 29.8 Å². The molecule has 1 saturated carbocycles. The molecule has 1 saturated heterocycles. The summed E-state index contributed by atoms with van der Waals surface area (Å²) in [6, 6.07) is 7.45. The second kappa shape index (κ2) is 5.89. The molecule has 1 aliphatic carbocycles. The number of hydrogen-bond donors (Lipinski definition) is 1. The highest BCUT2D eigenvalue weighted by Crippen LogP contribution is 2.31. The lowest BCUT2D eigenvalue weighted by Gasteiger charge is -2.34. The largest absolute Gasteiger partial charge is 0.322 e. The lowest BCUT2D eigenvalue weighted by Crippen LogP contribution is -2.52. The Morgan fingerprint density at radius 3 is 2.45 bits per heavy atom. The van der Waals surface area contributed by atoms with Gasteiger partial charge in [-0.05, 0) is 37.5 Å². The first-order chi connectivity index (χ1) is 10.5. The number of rotatable bonds is 3. The number of urea groups is 1. The predicted octanol–water partition coefficient (Wildman–Crippen LogP) is 1.64. The third-order valence-electron chi connectivity index (χ3n) is 4.10. The molecular formula is C15H21N3O3S. The van der Waals surface area contributed by atoms with Gasteiger partial charge < -0.3 is 10.2 Å². The van der Waals surface area contributed by atoms with Gasteiger partial charge >= 0.3 is 6.03 Å². The SMILES string of the molecule is Cc1cccc(NC(=O)N2CCN(S(=O)(=O)C3CC3)CC2)c1. The summed E-state index contributed by atoms with van der Waals surface area (Å²) in [6.07, 6.45) is 1.55. The number of hydrogen-bond acceptors (Lipinski definition) is 3. The Morgan fingerprint density at radius 1 is 1.18 bits per heavy atom. The molecular weight excluding hydrogens is 302 g/mol. The number of piperazine rings is 1. The summed E-state index contributed by atoms with van der Waals surface area (Å²) in [5, 5.41) is 2.68. The number of carbonyl (C=O) groups is 1. The molecule has 2 aliphatic rings. The van der Waals surface area contributed by atoms with Crippen LogP contribution in [-0.2, 0) is 10.0 Å². The van der Waals surface area contributed by atoms with Crippen molar-refractivity contribution in [2.75, 3.05) is 31.5 Å². The van der Waals surface area contributed by atoms with Gasteiger partial charge in [-0.25, -0.2) is 13.2 Å². The first-order valence-electron chi connectivity index (χ1n) is 7.58. The van der Waals surface area contributed by atoms with Crippen molar-refractivity contribution in [3.63, 3.8) is 0 Å². The van der Waals surface area contributed by atoms with Gasteiger partial charge in [0.25, 0.3) is 0 Å². The average molecular weight is 323 g/mol. The quantitative estimate of drug-likeness (QED) is 0.919. The molecule has 2 fully saturated rings. The zero-order chi connectivity index (χ0) is 15.7. The maximum atomic E-state index is 12.2. The Labute approximate surface area is 131 Å². The summed E-state index contributed by atoms with van der Waals surface area (Å²) < 4.78 is 25.8. The van der Waals surface area contributed by atoms with Crippen LogP contribution in [0.3, 0.4) is 0 Å². The monoisotopic (exact) mass is 323 g/mol. The average Bonchev–Trinajstić information content (AvgIpc) is 3.32. The van der Waals surface area contributed by atoms with E-state index in [1.165, 1.54) is 4.31 Å². The normalized spacial score (nSPS) is 20.0. The van der Waals surface area contributed by atoms with Crippen molar-refractivity contribution in [1.82, 2.24) is 9.21 Å². The second-order valence-corrected chi connectivity index (χ2v) is 8.14. The van der Waals surface area contributed by atoms with Crippen LogP contribution in [0.1, 0.15) is 18.4 Å². The number of anilines is 1. The molecule has 0 radical (unpaired) electrons. The summed E-state index contributed by atoms with van der Waals surface area (Å²) in [5.74, 6) is 0. The van der Waals surface area contributed by atoms with E-state index in [4.69, 9.17) is 0 Å². The number of nitrogens with one attached hydrogen (secondary N) is 1. The minimum atomic E-state index is -3.13. The standard InChI is InChI=1S/C15H21N3O3S/c1-12-3-2-4-13(11-12)16-15(19)17-7-9-18(10-8-17)22(20,21)14-5-6-14/h2-4,11,14H,5-10H2,1H3,(H,16,19). The van der Waals surface area contributed by atoms with E-state index in [1.807, 2.05) is 31.2 Å². The fourth-order valence-electron chi connectivity index (χ4n) is 2.65. The summed E-state index contributed by atoms with van der Waals surface area (Å²) in [6.45, 7) is 3.62. The maximum absolute atomic E-state index is 12.2. The molecule has 0 unspecified atom stereocenters. The van der Waals surface area contributed by atoms with Gasteiger partial charge in [-0.3, -0.25) is 0 Å². The van der Waals surface area contributed by atoms with Crippen molar-refractivity contribution in [3.8, 4) is 0 Å². The van der Waals surface area contributed by atoms with Gasteiger partial charge in [0, 0.05) is 31.9 Å². The molecule has 6 nitrogen and oxygen atoms in total. The minimum absolute atomic E-state index is 0.172. The Hall–Kier alpha value is -1.60. The number of nitrogens with zero attached hydrogens (tertiary/aromatic N) is 2. The molecule has 22 heavy (non-hydrogen) atoms. The number of sulfonamides is 1. The zero-order valence-electron chi connectivity index (χ0n) is 12.7. The van der Waals surface area contributed by atoms with Gasteiger partial charge in [0.05, 0.1) is 5.25 Å². The van der Waals surface area contributed by atoms with Crippen molar-refractivity contribution < 1.29 is 13.2 Å². The summed E-state index contributed by atoms with van der Waals surface area (Å²) >= 11 is 0. The van der Waals surface area contributed by atoms with Crippen molar-refractivity contribution >= 4 is 21.7 Å². The van der Waals surface area contributed by atoms with E-state index in [-0.39, 0.29) is 11.3 Å². The van der Waals surface area contributed by atoms with Gasteiger partial charge in [-0.1, -0.05) is 12.1 Å². The van der Waals surface area contributed by atoms with Crippen molar-refractivity contribution in [2.24, 2.45) is 0 Å². The number of amides is 2. The molecule has 1 heterocycles. The van der Waals surface area contributed by atoms with Crippen LogP contribution in [0.5, 0.6) is 0 Å². The first kappa shape index (κ1) is 15.3. The van der Waals surface area contributed by atoms with E-state index in [1.54, 1.807) is 4.90 Å². The van der Waals surface area contributed by atoms with E-state index < -0.39 is 10.0 Å². The molecule has 0 bridgehead atoms. The molecule has 7 heteroatoms. The predicted molar refractivity (Wildman–Crippen MR) is 85.3 cm³/mol. The lowest BCUT2D eigenvalue weighted by molar-refractivity contribution is 0.184. The summed E-state index contributed by atoms with van der Waals surface area (Å²) in [4.78, 5) is 13.9. The molecule has 0 aromatic heterocycles. The van der Waals surface area contributed by atoms with Crippen LogP contribution in [0.15, 0.2) is 24.3 Å². The molecule has 0 spiro atoms. The highest BCUT2D eigenvalue weighted by Gasteiger charge is 2.41. The second-order valence-electron chi connectivity index (χ2n) is 5.93. The first-order valence-corrected chi connectivity index (χ1v) is 9.09. The third-order valence-corrected chi connectivity index (χ3v) is 6.50. The summed E-state index contributed by atoms with van der Waals surface area (Å²) in [5.41, 5.74) is 1.84. The van der Waals surface area contributed by atoms with E-state index in [2.05, 4.69) is 5.32 Å². The third kappa shape index (κ3) is 3.25. The van der Waals surface area contributed by atoms with Gasteiger partial charge in [-0.15, -0.1) is 0 Å². The smallest absolute Gasteiger partial charge is 0.321 e. The highest BCUT2D eigenvalue weighted by molar-refractivity contribution is 7.90. The minimum Gasteiger partial charge on any atom is -0.322 e. The molecule has 1 N–H and O–H groups in total. The van der Waals surface area contributed by atoms with Crippen LogP contribution in [0.4, 0.5) is 10.5 Å². The molecule has 0 atom stereocenters. The fraction of sp³-hybridized carbons (Fsp3) is 0.533. The van der Waals surface area contributed by atoms with E-state index in [0.29, 0.717) is 26.2 Å². The van der Waals surface area contributed by atoms with Crippen LogP contribution >= 0.6 is 0 Å². The lowest BCUT2D eigenvalue weighted by atomic mass is 10.2. The van der Waals surface area contributed by atoms with Crippen LogP contribution in [-0.4, -0.2) is 55.1 Å². The molecule has 2 amide bonds. The van der Waals surface area contributed by atoms with Crippen molar-refractivity contribution in [1.29, 1.82) is 0 Å². The topological polar surface area (TPSA) is 69.7 Å². The van der Waals surface area contributed by atoms with Gasteiger partial charge in [0.15, 0.2) is 0 Å². The molecule has 120 valence electrons. The summed E-state index contributed by atoms with van der Waals surface area (Å²) in [7, 11) is -3.13. The Morgan fingerprint density at radius 2 is 1.86 bits per heavy atom. The van der Waals surface area contributed by atoms with E-state index >= 15 is 0 Å². The van der Waals surface area contributed by atoms with E-state index in [0.717, 1.165) is 24.1 Å². The van der Waals surface area contributed by atoms with Crippen LogP contribution in [0.25, 0.3) is 0 Å². The van der Waals surface area contributed by atoms with E-state index in [9.17, 15) is 13.2 Å². The van der Waals surface area contributed by atoms with Gasteiger partial charge in [0.1, 0.15) is 0 Å². The molecule has 1 aromatic rings. The Balaban J connectivity index is 1.56.